The van der Waals surface area contributed by atoms with E-state index >= 15 is 0 Å². The highest BCUT2D eigenvalue weighted by atomic mass is 19.4. The second kappa shape index (κ2) is 8.72. The van der Waals surface area contributed by atoms with Crippen LogP contribution < -0.4 is 0 Å². The molecule has 0 aliphatic heterocycles. The van der Waals surface area contributed by atoms with Gasteiger partial charge in [0.15, 0.2) is 6.29 Å². The highest BCUT2D eigenvalue weighted by Gasteiger charge is 2.31. The van der Waals surface area contributed by atoms with E-state index in [-0.39, 0.29) is 6.54 Å². The first-order valence-corrected chi connectivity index (χ1v) is 5.95. The molecular formula is C11H22F3NO2. The predicted molar refractivity (Wildman–Crippen MR) is 59.8 cm³/mol. The Labute approximate surface area is 101 Å². The third-order valence-electron chi connectivity index (χ3n) is 2.06. The predicted octanol–water partition coefficient (Wildman–Crippen LogP) is 2.66. The van der Waals surface area contributed by atoms with Crippen LogP contribution in [0.1, 0.15) is 27.2 Å². The quantitative estimate of drug-likeness (QED) is 0.593. The summed E-state index contributed by atoms with van der Waals surface area (Å²) in [6, 6.07) is 0. The number of rotatable bonds is 9. The van der Waals surface area contributed by atoms with Gasteiger partial charge in [0.2, 0.25) is 0 Å². The summed E-state index contributed by atoms with van der Waals surface area (Å²) in [5, 5.41) is 0. The topological polar surface area (TPSA) is 21.7 Å². The molecule has 0 fully saturated rings. The summed E-state index contributed by atoms with van der Waals surface area (Å²) in [4.78, 5) is 1.32. The Bertz CT molecular complexity index is 182. The van der Waals surface area contributed by atoms with Crippen LogP contribution in [0.2, 0.25) is 0 Å². The summed E-state index contributed by atoms with van der Waals surface area (Å²) in [6.45, 7) is 5.90. The van der Waals surface area contributed by atoms with E-state index in [2.05, 4.69) is 0 Å². The van der Waals surface area contributed by atoms with Crippen LogP contribution in [-0.4, -0.2) is 50.2 Å². The monoisotopic (exact) mass is 257 g/mol. The normalized spacial score (nSPS) is 12.7. The molecule has 3 nitrogen and oxygen atoms in total. The van der Waals surface area contributed by atoms with Crippen molar-refractivity contribution in [2.24, 2.45) is 0 Å². The van der Waals surface area contributed by atoms with Crippen molar-refractivity contribution < 1.29 is 22.6 Å². The van der Waals surface area contributed by atoms with Gasteiger partial charge in [-0.25, -0.2) is 0 Å². The van der Waals surface area contributed by atoms with Gasteiger partial charge >= 0.3 is 6.18 Å². The van der Waals surface area contributed by atoms with Gasteiger partial charge in [-0.05, 0) is 26.8 Å². The summed E-state index contributed by atoms with van der Waals surface area (Å²) >= 11 is 0. The SMILES string of the molecule is CCCN(CC(OCC)OCC)CC(F)(F)F. The molecule has 0 aromatic carbocycles. The molecule has 0 spiro atoms. The molecule has 17 heavy (non-hydrogen) atoms. The smallest absolute Gasteiger partial charge is 0.352 e. The molecule has 0 aromatic rings. The molecule has 0 saturated heterocycles. The van der Waals surface area contributed by atoms with E-state index in [1.165, 1.54) is 4.90 Å². The van der Waals surface area contributed by atoms with E-state index in [1.807, 2.05) is 6.92 Å². The Morgan fingerprint density at radius 1 is 1.06 bits per heavy atom. The standard InChI is InChI=1S/C11H22F3NO2/c1-4-7-15(9-11(12,13)14)8-10(16-5-2)17-6-3/h10H,4-9H2,1-3H3. The number of nitrogens with zero attached hydrogens (tertiary/aromatic N) is 1. The molecule has 104 valence electrons. The minimum absolute atomic E-state index is 0.148. The van der Waals surface area contributed by atoms with Gasteiger partial charge in [0.25, 0.3) is 0 Å². The van der Waals surface area contributed by atoms with Crippen molar-refractivity contribution in [1.29, 1.82) is 0 Å². The first-order chi connectivity index (χ1) is 7.92. The number of alkyl halides is 3. The van der Waals surface area contributed by atoms with Gasteiger partial charge in [-0.1, -0.05) is 6.92 Å². The molecular weight excluding hydrogens is 235 g/mol. The molecule has 0 radical (unpaired) electrons. The van der Waals surface area contributed by atoms with Crippen LogP contribution in [0.4, 0.5) is 13.2 Å². The lowest BCUT2D eigenvalue weighted by atomic mass is 10.3. The largest absolute Gasteiger partial charge is 0.401 e. The molecule has 0 amide bonds. The van der Waals surface area contributed by atoms with Crippen LogP contribution in [-0.2, 0) is 9.47 Å². The van der Waals surface area contributed by atoms with E-state index in [1.54, 1.807) is 13.8 Å². The molecule has 0 bridgehead atoms. The molecule has 0 unspecified atom stereocenters. The van der Waals surface area contributed by atoms with Crippen molar-refractivity contribution >= 4 is 0 Å². The fraction of sp³-hybridized carbons (Fsp3) is 1.00. The number of ether oxygens (including phenoxy) is 2. The number of hydrogen-bond acceptors (Lipinski definition) is 3. The lowest BCUT2D eigenvalue weighted by molar-refractivity contribution is -0.175. The summed E-state index contributed by atoms with van der Waals surface area (Å²) in [5.41, 5.74) is 0. The number of hydrogen-bond donors (Lipinski definition) is 0. The minimum Gasteiger partial charge on any atom is -0.352 e. The Balaban J connectivity index is 4.27. The summed E-state index contributed by atoms with van der Waals surface area (Å²) in [7, 11) is 0. The van der Waals surface area contributed by atoms with Gasteiger partial charge in [0.05, 0.1) is 6.54 Å². The average Bonchev–Trinajstić information content (AvgIpc) is 2.16. The van der Waals surface area contributed by atoms with Crippen LogP contribution in [0.15, 0.2) is 0 Å². The van der Waals surface area contributed by atoms with Crippen molar-refractivity contribution in [1.82, 2.24) is 4.90 Å². The van der Waals surface area contributed by atoms with Gasteiger partial charge in [-0.2, -0.15) is 13.2 Å². The summed E-state index contributed by atoms with van der Waals surface area (Å²) < 4.78 is 47.5. The summed E-state index contributed by atoms with van der Waals surface area (Å²) in [6.07, 6.45) is -4.10. The average molecular weight is 257 g/mol. The lowest BCUT2D eigenvalue weighted by Gasteiger charge is -2.27. The van der Waals surface area contributed by atoms with Crippen molar-refractivity contribution in [2.45, 2.75) is 39.7 Å². The molecule has 0 atom stereocenters. The molecule has 0 aliphatic carbocycles. The molecule has 0 N–H and O–H groups in total. The Morgan fingerprint density at radius 3 is 1.94 bits per heavy atom. The van der Waals surface area contributed by atoms with Crippen LogP contribution >= 0.6 is 0 Å². The molecule has 0 saturated carbocycles. The second-order valence-corrected chi connectivity index (χ2v) is 3.69. The molecule has 6 heteroatoms. The zero-order chi connectivity index (χ0) is 13.3. The maximum atomic E-state index is 12.3. The van der Waals surface area contributed by atoms with Gasteiger partial charge < -0.3 is 9.47 Å². The summed E-state index contributed by atoms with van der Waals surface area (Å²) in [5.74, 6) is 0. The fourth-order valence-electron chi connectivity index (χ4n) is 1.54. The zero-order valence-electron chi connectivity index (χ0n) is 10.7. The van der Waals surface area contributed by atoms with Gasteiger partial charge in [-0.3, -0.25) is 4.90 Å². The van der Waals surface area contributed by atoms with E-state index in [9.17, 15) is 13.2 Å². The van der Waals surface area contributed by atoms with Gasteiger partial charge in [-0.15, -0.1) is 0 Å². The van der Waals surface area contributed by atoms with Crippen molar-refractivity contribution in [3.05, 3.63) is 0 Å². The maximum absolute atomic E-state index is 12.3. The highest BCUT2D eigenvalue weighted by molar-refractivity contribution is 4.64. The Morgan fingerprint density at radius 2 is 1.59 bits per heavy atom. The molecule has 0 aliphatic rings. The van der Waals surface area contributed by atoms with E-state index < -0.39 is 19.0 Å². The van der Waals surface area contributed by atoms with Crippen molar-refractivity contribution in [2.75, 3.05) is 32.8 Å². The number of halogens is 3. The lowest BCUT2D eigenvalue weighted by Crippen LogP contribution is -2.41. The Hall–Kier alpha value is -0.330. The first kappa shape index (κ1) is 16.7. The van der Waals surface area contributed by atoms with Gasteiger partial charge in [0.1, 0.15) is 0 Å². The van der Waals surface area contributed by atoms with Crippen molar-refractivity contribution in [3.63, 3.8) is 0 Å². The Kier molecular flexibility index (Phi) is 8.55. The molecule has 0 rings (SSSR count). The van der Waals surface area contributed by atoms with E-state index in [4.69, 9.17) is 9.47 Å². The molecule has 0 heterocycles. The highest BCUT2D eigenvalue weighted by Crippen LogP contribution is 2.17. The van der Waals surface area contributed by atoms with Crippen LogP contribution in [0, 0.1) is 0 Å². The van der Waals surface area contributed by atoms with Crippen LogP contribution in [0.25, 0.3) is 0 Å². The molecule has 0 aromatic heterocycles. The fourth-order valence-corrected chi connectivity index (χ4v) is 1.54. The zero-order valence-corrected chi connectivity index (χ0v) is 10.7. The van der Waals surface area contributed by atoms with Crippen LogP contribution in [0.5, 0.6) is 0 Å². The third-order valence-corrected chi connectivity index (χ3v) is 2.06. The maximum Gasteiger partial charge on any atom is 0.401 e. The van der Waals surface area contributed by atoms with E-state index in [0.29, 0.717) is 26.2 Å². The minimum atomic E-state index is -4.18. The second-order valence-electron chi connectivity index (χ2n) is 3.69. The van der Waals surface area contributed by atoms with E-state index in [0.717, 1.165) is 0 Å². The third kappa shape index (κ3) is 9.38. The van der Waals surface area contributed by atoms with Crippen LogP contribution in [0.3, 0.4) is 0 Å². The van der Waals surface area contributed by atoms with Crippen molar-refractivity contribution in [3.8, 4) is 0 Å². The van der Waals surface area contributed by atoms with Gasteiger partial charge in [0, 0.05) is 19.8 Å². The first-order valence-electron chi connectivity index (χ1n) is 5.95.